The third kappa shape index (κ3) is 3.21. The summed E-state index contributed by atoms with van der Waals surface area (Å²) in [6, 6.07) is 6.14. The van der Waals surface area contributed by atoms with Crippen molar-refractivity contribution in [3.8, 4) is 0 Å². The summed E-state index contributed by atoms with van der Waals surface area (Å²) < 4.78 is 24.5. The summed E-state index contributed by atoms with van der Waals surface area (Å²) in [4.78, 5) is 11.0. The lowest BCUT2D eigenvalue weighted by molar-refractivity contribution is 0.100. The Bertz CT molecular complexity index is 473. The Morgan fingerprint density at radius 3 is 2.53 bits per heavy atom. The van der Waals surface area contributed by atoms with E-state index in [1.165, 1.54) is 12.1 Å². The third-order valence-electron chi connectivity index (χ3n) is 1.60. The molecule has 5 nitrogen and oxygen atoms in total. The van der Waals surface area contributed by atoms with E-state index >= 15 is 0 Å². The van der Waals surface area contributed by atoms with Crippen LogP contribution in [-0.4, -0.2) is 19.0 Å². The molecule has 0 aromatic heterocycles. The normalized spacial score (nSPS) is 11.0. The van der Waals surface area contributed by atoms with Gasteiger partial charge >= 0.3 is 0 Å². The van der Waals surface area contributed by atoms with Crippen molar-refractivity contribution in [2.24, 2.45) is 5.73 Å². The highest BCUT2D eigenvalue weighted by Crippen LogP contribution is 2.16. The molecule has 7 heteroatoms. The Kier molecular flexibility index (Phi) is 3.70. The monoisotopic (exact) mass is 292 g/mol. The molecule has 0 aliphatic rings. The number of benzene rings is 1. The summed E-state index contributed by atoms with van der Waals surface area (Å²) in [5.41, 5.74) is 5.41. The molecule has 1 amide bonds. The first kappa shape index (κ1) is 12.0. The molecule has 1 rings (SSSR count). The molecular formula is C8H9BrN2O3S. The summed E-state index contributed by atoms with van der Waals surface area (Å²) in [6.07, 6.45) is 0. The van der Waals surface area contributed by atoms with Crippen molar-refractivity contribution in [3.63, 3.8) is 0 Å². The minimum absolute atomic E-state index is 0.141. The summed E-state index contributed by atoms with van der Waals surface area (Å²) in [7, 11) is -3.47. The van der Waals surface area contributed by atoms with Crippen molar-refractivity contribution in [1.82, 2.24) is 0 Å². The van der Waals surface area contributed by atoms with E-state index in [1.807, 2.05) is 0 Å². The fourth-order valence-corrected chi connectivity index (χ4v) is 1.89. The number of anilines is 1. The van der Waals surface area contributed by atoms with Gasteiger partial charge in [-0.2, -0.15) is 0 Å². The average Bonchev–Trinajstić information content (AvgIpc) is 2.18. The van der Waals surface area contributed by atoms with Gasteiger partial charge in [-0.15, -0.1) is 0 Å². The highest BCUT2D eigenvalue weighted by Gasteiger charge is 2.13. The van der Waals surface area contributed by atoms with Crippen LogP contribution in [0.2, 0.25) is 0 Å². The highest BCUT2D eigenvalue weighted by atomic mass is 79.9. The molecule has 1 aromatic carbocycles. The summed E-state index contributed by atoms with van der Waals surface area (Å²) in [5, 5.41) is 0. The Balaban J connectivity index is 3.10. The van der Waals surface area contributed by atoms with E-state index < -0.39 is 15.9 Å². The van der Waals surface area contributed by atoms with Crippen LogP contribution in [0.3, 0.4) is 0 Å². The van der Waals surface area contributed by atoms with E-state index in [9.17, 15) is 13.2 Å². The van der Waals surface area contributed by atoms with Crippen LogP contribution in [0.15, 0.2) is 24.3 Å². The summed E-state index contributed by atoms with van der Waals surface area (Å²) in [6.45, 7) is 0. The SMILES string of the molecule is NC(=O)c1ccccc1NS(=O)(=O)CBr. The van der Waals surface area contributed by atoms with Gasteiger partial charge in [0.25, 0.3) is 5.91 Å². The number of hydrogen-bond donors (Lipinski definition) is 2. The first-order valence-electron chi connectivity index (χ1n) is 3.91. The van der Waals surface area contributed by atoms with Crippen LogP contribution in [0, 0.1) is 0 Å². The maximum atomic E-state index is 11.2. The second-order valence-electron chi connectivity index (χ2n) is 2.74. The van der Waals surface area contributed by atoms with E-state index in [0.717, 1.165) is 0 Å². The summed E-state index contributed by atoms with van der Waals surface area (Å²) in [5.74, 6) is -0.678. The number of nitrogens with one attached hydrogen (secondary N) is 1. The van der Waals surface area contributed by atoms with Gasteiger partial charge in [-0.3, -0.25) is 9.52 Å². The molecule has 0 atom stereocenters. The molecule has 0 spiro atoms. The zero-order valence-corrected chi connectivity index (χ0v) is 10.0. The van der Waals surface area contributed by atoms with Crippen molar-refractivity contribution in [3.05, 3.63) is 29.8 Å². The van der Waals surface area contributed by atoms with Gasteiger partial charge in [-0.25, -0.2) is 8.42 Å². The lowest BCUT2D eigenvalue weighted by Crippen LogP contribution is -2.18. The van der Waals surface area contributed by atoms with Crippen molar-refractivity contribution in [2.75, 3.05) is 9.38 Å². The molecule has 15 heavy (non-hydrogen) atoms. The number of sulfonamides is 1. The number of nitrogens with two attached hydrogens (primary N) is 1. The topological polar surface area (TPSA) is 89.3 Å². The minimum atomic E-state index is -3.47. The van der Waals surface area contributed by atoms with Crippen LogP contribution >= 0.6 is 15.9 Å². The molecule has 3 N–H and O–H groups in total. The fraction of sp³-hybridized carbons (Fsp3) is 0.125. The number of primary amides is 1. The van der Waals surface area contributed by atoms with Crippen molar-refractivity contribution in [1.29, 1.82) is 0 Å². The van der Waals surface area contributed by atoms with Crippen LogP contribution in [0.25, 0.3) is 0 Å². The lowest BCUT2D eigenvalue weighted by Gasteiger charge is -2.08. The fourth-order valence-electron chi connectivity index (χ4n) is 0.982. The second-order valence-corrected chi connectivity index (χ2v) is 5.76. The van der Waals surface area contributed by atoms with Gasteiger partial charge in [-0.1, -0.05) is 28.1 Å². The number of carbonyl (C=O) groups is 1. The van der Waals surface area contributed by atoms with Crippen LogP contribution in [0.5, 0.6) is 0 Å². The maximum Gasteiger partial charge on any atom is 0.250 e. The predicted molar refractivity (Wildman–Crippen MR) is 61.3 cm³/mol. The van der Waals surface area contributed by atoms with Gasteiger partial charge in [0.2, 0.25) is 10.0 Å². The number of alkyl halides is 1. The number of hydrogen-bond acceptors (Lipinski definition) is 3. The Labute approximate surface area is 95.8 Å². The highest BCUT2D eigenvalue weighted by molar-refractivity contribution is 9.10. The van der Waals surface area contributed by atoms with Gasteiger partial charge in [0.05, 0.1) is 11.3 Å². The smallest absolute Gasteiger partial charge is 0.250 e. The van der Waals surface area contributed by atoms with Crippen LogP contribution in [0.1, 0.15) is 10.4 Å². The standard InChI is InChI=1S/C8H9BrN2O3S/c9-5-15(13,14)11-7-4-2-1-3-6(7)8(10)12/h1-4,11H,5H2,(H2,10,12). The Morgan fingerprint density at radius 2 is 2.00 bits per heavy atom. The molecule has 0 bridgehead atoms. The van der Waals surface area contributed by atoms with Crippen molar-refractivity contribution >= 4 is 37.5 Å². The van der Waals surface area contributed by atoms with Crippen molar-refractivity contribution in [2.45, 2.75) is 0 Å². The molecule has 1 aromatic rings. The van der Waals surface area contributed by atoms with Crippen LogP contribution < -0.4 is 10.5 Å². The number of rotatable bonds is 4. The molecule has 0 saturated carbocycles. The number of halogens is 1. The van der Waals surface area contributed by atoms with Crippen molar-refractivity contribution < 1.29 is 13.2 Å². The molecule has 0 aliphatic carbocycles. The van der Waals surface area contributed by atoms with Gasteiger partial charge in [0.15, 0.2) is 0 Å². The molecule has 0 fully saturated rings. The minimum Gasteiger partial charge on any atom is -0.366 e. The van der Waals surface area contributed by atoms with E-state index in [4.69, 9.17) is 5.73 Å². The zero-order chi connectivity index (χ0) is 11.5. The molecule has 0 aliphatic heterocycles. The van der Waals surface area contributed by atoms with E-state index in [1.54, 1.807) is 12.1 Å². The number of amides is 1. The van der Waals surface area contributed by atoms with Gasteiger partial charge in [0, 0.05) is 0 Å². The molecular weight excluding hydrogens is 284 g/mol. The second kappa shape index (κ2) is 4.63. The van der Waals surface area contributed by atoms with Crippen LogP contribution in [-0.2, 0) is 10.0 Å². The molecule has 0 heterocycles. The quantitative estimate of drug-likeness (QED) is 0.807. The predicted octanol–water partition coefficient (Wildman–Crippen LogP) is 0.880. The Morgan fingerprint density at radius 1 is 1.40 bits per heavy atom. The number of carbonyl (C=O) groups excluding carboxylic acids is 1. The lowest BCUT2D eigenvalue weighted by atomic mass is 10.2. The first-order valence-corrected chi connectivity index (χ1v) is 6.69. The molecule has 0 unspecified atom stereocenters. The van der Waals surface area contributed by atoms with Crippen LogP contribution in [0.4, 0.5) is 5.69 Å². The first-order chi connectivity index (χ1) is 6.96. The molecule has 0 radical (unpaired) electrons. The van der Waals surface area contributed by atoms with Gasteiger partial charge in [0.1, 0.15) is 4.66 Å². The Hall–Kier alpha value is -1.08. The van der Waals surface area contributed by atoms with Gasteiger partial charge in [-0.05, 0) is 12.1 Å². The van der Waals surface area contributed by atoms with E-state index in [-0.39, 0.29) is 15.9 Å². The summed E-state index contributed by atoms with van der Waals surface area (Å²) >= 11 is 2.82. The van der Waals surface area contributed by atoms with E-state index in [0.29, 0.717) is 0 Å². The third-order valence-corrected chi connectivity index (χ3v) is 4.23. The van der Waals surface area contributed by atoms with Gasteiger partial charge < -0.3 is 5.73 Å². The van der Waals surface area contributed by atoms with E-state index in [2.05, 4.69) is 20.7 Å². The molecule has 0 saturated heterocycles. The molecule has 82 valence electrons. The maximum absolute atomic E-state index is 11.2. The largest absolute Gasteiger partial charge is 0.366 e. The zero-order valence-electron chi connectivity index (χ0n) is 7.60. The number of para-hydroxylation sites is 1. The average molecular weight is 293 g/mol.